The Bertz CT molecular complexity index is 546. The predicted molar refractivity (Wildman–Crippen MR) is 68.8 cm³/mol. The minimum absolute atomic E-state index is 0.416. The second-order valence-electron chi connectivity index (χ2n) is 4.07. The van der Waals surface area contributed by atoms with Gasteiger partial charge in [-0.3, -0.25) is 4.79 Å². The van der Waals surface area contributed by atoms with Crippen LogP contribution in [0.1, 0.15) is 28.5 Å². The first kappa shape index (κ1) is 12.4. The second kappa shape index (κ2) is 5.49. The Kier molecular flexibility index (Phi) is 3.77. The van der Waals surface area contributed by atoms with Crippen LogP contribution in [-0.4, -0.2) is 15.8 Å². The molecule has 2 aromatic rings. The van der Waals surface area contributed by atoms with Crippen molar-refractivity contribution in [3.05, 3.63) is 47.5 Å². The Hall–Kier alpha value is -2.10. The molecule has 1 heterocycles. The zero-order valence-electron chi connectivity index (χ0n) is 10.6. The topological polar surface area (TPSA) is 44.1 Å². The van der Waals surface area contributed by atoms with E-state index in [1.807, 2.05) is 23.6 Å². The summed E-state index contributed by atoms with van der Waals surface area (Å²) in [5.41, 5.74) is 2.54. The van der Waals surface area contributed by atoms with E-state index < -0.39 is 0 Å². The number of ether oxygens (including phenoxy) is 1. The van der Waals surface area contributed by atoms with Crippen molar-refractivity contribution in [2.45, 2.75) is 27.0 Å². The molecule has 18 heavy (non-hydrogen) atoms. The smallest absolute Gasteiger partial charge is 0.153 e. The minimum atomic E-state index is 0.416. The summed E-state index contributed by atoms with van der Waals surface area (Å²) < 4.78 is 7.77. The third-order valence-electron chi connectivity index (χ3n) is 2.87. The zero-order valence-corrected chi connectivity index (χ0v) is 10.6. The number of imidazole rings is 1. The van der Waals surface area contributed by atoms with Crippen molar-refractivity contribution in [2.75, 3.05) is 0 Å². The Morgan fingerprint density at radius 1 is 1.44 bits per heavy atom. The fourth-order valence-electron chi connectivity index (χ4n) is 1.86. The van der Waals surface area contributed by atoms with Crippen LogP contribution < -0.4 is 4.74 Å². The fraction of sp³-hybridized carbons (Fsp3) is 0.286. The van der Waals surface area contributed by atoms with E-state index in [0.29, 0.717) is 17.9 Å². The van der Waals surface area contributed by atoms with Gasteiger partial charge in [0.25, 0.3) is 0 Å². The molecular formula is C14H16N2O2. The van der Waals surface area contributed by atoms with Crippen molar-refractivity contribution in [2.24, 2.45) is 0 Å². The predicted octanol–water partition coefficient (Wildman–Crippen LogP) is 2.60. The standard InChI is InChI=1S/C14H16N2O2/c1-3-16-10-15-7-13(16)9-18-14-11(2)5-4-6-12(14)8-17/h4-8,10H,3,9H2,1-2H3. The number of hydrogen-bond donors (Lipinski definition) is 0. The molecule has 0 aliphatic carbocycles. The van der Waals surface area contributed by atoms with Gasteiger partial charge >= 0.3 is 0 Å². The summed E-state index contributed by atoms with van der Waals surface area (Å²) in [7, 11) is 0. The third-order valence-corrected chi connectivity index (χ3v) is 2.87. The molecular weight excluding hydrogens is 228 g/mol. The molecule has 0 bridgehead atoms. The van der Waals surface area contributed by atoms with Crippen molar-refractivity contribution in [3.63, 3.8) is 0 Å². The molecule has 4 heteroatoms. The number of benzene rings is 1. The van der Waals surface area contributed by atoms with Crippen LogP contribution in [0.4, 0.5) is 0 Å². The maximum Gasteiger partial charge on any atom is 0.153 e. The lowest BCUT2D eigenvalue weighted by molar-refractivity contribution is 0.111. The summed E-state index contributed by atoms with van der Waals surface area (Å²) in [6.07, 6.45) is 4.37. The van der Waals surface area contributed by atoms with Gasteiger partial charge in [0.05, 0.1) is 23.8 Å². The lowest BCUT2D eigenvalue weighted by Crippen LogP contribution is -2.05. The molecule has 0 saturated carbocycles. The molecule has 1 aromatic heterocycles. The summed E-state index contributed by atoms with van der Waals surface area (Å²) in [6, 6.07) is 5.54. The van der Waals surface area contributed by atoms with E-state index in [4.69, 9.17) is 4.74 Å². The molecule has 1 aromatic carbocycles. The summed E-state index contributed by atoms with van der Waals surface area (Å²) in [4.78, 5) is 15.1. The lowest BCUT2D eigenvalue weighted by Gasteiger charge is -2.12. The molecule has 2 rings (SSSR count). The van der Waals surface area contributed by atoms with Crippen LogP contribution in [-0.2, 0) is 13.2 Å². The highest BCUT2D eigenvalue weighted by molar-refractivity contribution is 5.80. The average Bonchev–Trinajstić information content (AvgIpc) is 2.84. The van der Waals surface area contributed by atoms with Crippen molar-refractivity contribution < 1.29 is 9.53 Å². The molecule has 0 atom stereocenters. The summed E-state index contributed by atoms with van der Waals surface area (Å²) in [5.74, 6) is 0.649. The van der Waals surface area contributed by atoms with Crippen molar-refractivity contribution in [1.29, 1.82) is 0 Å². The van der Waals surface area contributed by atoms with Crippen LogP contribution in [0.15, 0.2) is 30.7 Å². The van der Waals surface area contributed by atoms with Crippen molar-refractivity contribution in [1.82, 2.24) is 9.55 Å². The fourth-order valence-corrected chi connectivity index (χ4v) is 1.86. The molecule has 0 spiro atoms. The molecule has 0 saturated heterocycles. The number of carbonyl (C=O) groups is 1. The first-order chi connectivity index (χ1) is 8.76. The van der Waals surface area contributed by atoms with Crippen LogP contribution in [0.25, 0.3) is 0 Å². The van der Waals surface area contributed by atoms with Crippen molar-refractivity contribution in [3.8, 4) is 5.75 Å². The maximum absolute atomic E-state index is 11.0. The third kappa shape index (κ3) is 2.42. The van der Waals surface area contributed by atoms with Crippen LogP contribution >= 0.6 is 0 Å². The highest BCUT2D eigenvalue weighted by Crippen LogP contribution is 2.22. The molecule has 0 radical (unpaired) electrons. The van der Waals surface area contributed by atoms with E-state index in [2.05, 4.69) is 11.9 Å². The Balaban J connectivity index is 2.18. The number of para-hydroxylation sites is 1. The summed E-state index contributed by atoms with van der Waals surface area (Å²) >= 11 is 0. The van der Waals surface area contributed by atoms with Crippen LogP contribution in [0.5, 0.6) is 5.75 Å². The largest absolute Gasteiger partial charge is 0.486 e. The molecule has 0 fully saturated rings. The average molecular weight is 244 g/mol. The quantitative estimate of drug-likeness (QED) is 0.759. The number of aldehydes is 1. The molecule has 0 aliphatic heterocycles. The van der Waals surface area contributed by atoms with Gasteiger partial charge in [0.2, 0.25) is 0 Å². The summed E-state index contributed by atoms with van der Waals surface area (Å²) in [6.45, 7) is 5.25. The number of aryl methyl sites for hydroxylation is 2. The number of aromatic nitrogens is 2. The number of rotatable bonds is 5. The highest BCUT2D eigenvalue weighted by atomic mass is 16.5. The van der Waals surface area contributed by atoms with E-state index in [0.717, 1.165) is 24.1 Å². The van der Waals surface area contributed by atoms with Crippen LogP contribution in [0.2, 0.25) is 0 Å². The van der Waals surface area contributed by atoms with E-state index >= 15 is 0 Å². The monoisotopic (exact) mass is 244 g/mol. The Labute approximate surface area is 106 Å². The molecule has 0 amide bonds. The van der Waals surface area contributed by atoms with Gasteiger partial charge in [0.1, 0.15) is 12.4 Å². The van der Waals surface area contributed by atoms with Gasteiger partial charge < -0.3 is 9.30 Å². The van der Waals surface area contributed by atoms with Gasteiger partial charge in [-0.2, -0.15) is 0 Å². The Morgan fingerprint density at radius 2 is 2.28 bits per heavy atom. The molecule has 4 nitrogen and oxygen atoms in total. The molecule has 0 unspecified atom stereocenters. The lowest BCUT2D eigenvalue weighted by atomic mass is 10.1. The van der Waals surface area contributed by atoms with E-state index in [1.54, 1.807) is 18.6 Å². The number of nitrogens with zero attached hydrogens (tertiary/aromatic N) is 2. The summed E-state index contributed by atoms with van der Waals surface area (Å²) in [5, 5.41) is 0. The Morgan fingerprint density at radius 3 is 3.00 bits per heavy atom. The van der Waals surface area contributed by atoms with Gasteiger partial charge in [-0.25, -0.2) is 4.98 Å². The van der Waals surface area contributed by atoms with Gasteiger partial charge in [-0.05, 0) is 25.5 Å². The molecule has 0 aliphatic rings. The maximum atomic E-state index is 11.0. The van der Waals surface area contributed by atoms with E-state index in [1.165, 1.54) is 0 Å². The molecule has 94 valence electrons. The van der Waals surface area contributed by atoms with Crippen LogP contribution in [0, 0.1) is 6.92 Å². The van der Waals surface area contributed by atoms with Gasteiger partial charge in [-0.15, -0.1) is 0 Å². The van der Waals surface area contributed by atoms with E-state index in [-0.39, 0.29) is 0 Å². The number of carbonyl (C=O) groups excluding carboxylic acids is 1. The normalized spacial score (nSPS) is 10.3. The molecule has 0 N–H and O–H groups in total. The minimum Gasteiger partial charge on any atom is -0.486 e. The SMILES string of the molecule is CCn1cncc1COc1c(C)cccc1C=O. The zero-order chi connectivity index (χ0) is 13.0. The van der Waals surface area contributed by atoms with Crippen LogP contribution in [0.3, 0.4) is 0 Å². The highest BCUT2D eigenvalue weighted by Gasteiger charge is 2.08. The second-order valence-corrected chi connectivity index (χ2v) is 4.07. The van der Waals surface area contributed by atoms with Crippen molar-refractivity contribution >= 4 is 6.29 Å². The number of hydrogen-bond acceptors (Lipinski definition) is 3. The first-order valence-electron chi connectivity index (χ1n) is 5.92. The first-order valence-corrected chi connectivity index (χ1v) is 5.92. The van der Waals surface area contributed by atoms with Gasteiger partial charge in [0, 0.05) is 6.54 Å². The van der Waals surface area contributed by atoms with Gasteiger partial charge in [-0.1, -0.05) is 12.1 Å². The van der Waals surface area contributed by atoms with E-state index in [9.17, 15) is 4.79 Å². The van der Waals surface area contributed by atoms with Gasteiger partial charge in [0.15, 0.2) is 6.29 Å².